The van der Waals surface area contributed by atoms with Crippen molar-refractivity contribution in [2.75, 3.05) is 0 Å². The molecule has 5 aliphatic rings. The summed E-state index contributed by atoms with van der Waals surface area (Å²) < 4.78 is 1.24. The topological polar surface area (TPSA) is 0 Å². The van der Waals surface area contributed by atoms with E-state index in [1.165, 1.54) is 15.2 Å². The summed E-state index contributed by atoms with van der Waals surface area (Å²) in [6.07, 6.45) is 24.7. The predicted molar refractivity (Wildman–Crippen MR) is 199 cm³/mol. The fraction of sp³-hybridized carbons (Fsp3) is 0.571. The molecule has 0 amide bonds. The summed E-state index contributed by atoms with van der Waals surface area (Å²) in [5.74, 6) is 0.522. The van der Waals surface area contributed by atoms with Crippen LogP contribution >= 0.6 is 17.0 Å². The molecule has 6 rings (SSSR count). The summed E-state index contributed by atoms with van der Waals surface area (Å²) in [6, 6.07) is 0. The monoisotopic (exact) mass is 722 g/mol. The number of hydrogen-bond acceptors (Lipinski definition) is 0. The minimum atomic E-state index is -1.84. The van der Waals surface area contributed by atoms with Crippen LogP contribution < -0.4 is 0 Å². The molecule has 1 aromatic rings. The SMILES string of the molecule is CC1(C)C=CC2=C(C1)c1c3c(c4c(c1C2)C(C)(C)[CH-]CC4(C)C)C=CC(C)(C)C3.CC1[C-]=CC(C(C)(C)C)=C1.C[C](C)=[Zr]([Cl])[Cl]. The van der Waals surface area contributed by atoms with Crippen LogP contribution in [-0.4, -0.2) is 3.21 Å². The van der Waals surface area contributed by atoms with E-state index >= 15 is 0 Å². The number of fused-ring (bicyclic) bond motifs is 7. The first-order chi connectivity index (χ1) is 20.5. The van der Waals surface area contributed by atoms with Crippen molar-refractivity contribution < 1.29 is 18.9 Å². The second-order valence-electron chi connectivity index (χ2n) is 17.9. The predicted octanol–water partition coefficient (Wildman–Crippen LogP) is 12.8. The van der Waals surface area contributed by atoms with Crippen LogP contribution in [-0.2, 0) is 42.6 Å². The molecule has 45 heavy (non-hydrogen) atoms. The van der Waals surface area contributed by atoms with Crippen molar-refractivity contribution in [2.45, 2.75) is 133 Å². The molecule has 0 aliphatic heterocycles. The zero-order valence-corrected chi connectivity index (χ0v) is 34.7. The van der Waals surface area contributed by atoms with Crippen LogP contribution in [0.4, 0.5) is 0 Å². The molecule has 0 aromatic heterocycles. The Labute approximate surface area is 291 Å². The van der Waals surface area contributed by atoms with Gasteiger partial charge in [0.2, 0.25) is 0 Å². The van der Waals surface area contributed by atoms with Gasteiger partial charge in [0, 0.05) is 0 Å². The first-order valence-corrected chi connectivity index (χ1v) is 24.5. The molecule has 3 heteroatoms. The van der Waals surface area contributed by atoms with E-state index in [9.17, 15) is 0 Å². The van der Waals surface area contributed by atoms with Gasteiger partial charge in [-0.1, -0.05) is 124 Å². The van der Waals surface area contributed by atoms with Crippen molar-refractivity contribution in [3.05, 3.63) is 87.4 Å². The van der Waals surface area contributed by atoms with Gasteiger partial charge in [-0.15, -0.1) is 5.41 Å². The molecule has 0 bridgehead atoms. The Morgan fingerprint density at radius 3 is 1.98 bits per heavy atom. The van der Waals surface area contributed by atoms with E-state index in [-0.39, 0.29) is 21.7 Å². The third kappa shape index (κ3) is 8.11. The maximum atomic E-state index is 5.54. The Hall–Kier alpha value is -0.747. The van der Waals surface area contributed by atoms with E-state index in [1.54, 1.807) is 44.5 Å². The molecule has 246 valence electrons. The Kier molecular flexibility index (Phi) is 10.7. The average molecular weight is 725 g/mol. The van der Waals surface area contributed by atoms with Gasteiger partial charge in [-0.3, -0.25) is 6.08 Å². The van der Waals surface area contributed by atoms with Crippen LogP contribution in [0, 0.1) is 34.7 Å². The standard InChI is InChI=1S/C29H37.C10H15.C3H6.2ClH.Zr/c1-26(2)11-9-18-15-20-23(21(18)16-26)22-17-27(3,4)12-10-19(22)24-25(20)29(7,8)14-13-28(24,5)6;1-8-5-6-9(7-8)10(2,3)4;1-3-2;;;/h9-12,14H,13,15-17H2,1-8H3;6-8H,1-4H3;1-2H3;2*1H;/q2*-1;;;;+2/p-2. The Bertz CT molecular complexity index is 1520. The van der Waals surface area contributed by atoms with E-state index < -0.39 is 18.9 Å². The van der Waals surface area contributed by atoms with E-state index in [2.05, 4.69) is 132 Å². The number of rotatable bonds is 0. The first kappa shape index (κ1) is 37.1. The Balaban J connectivity index is 0.000000238. The van der Waals surface area contributed by atoms with Crippen LogP contribution in [0.2, 0.25) is 0 Å². The molecular weight excluding hydrogens is 667 g/mol. The van der Waals surface area contributed by atoms with E-state index in [0.717, 1.165) is 19.3 Å². The van der Waals surface area contributed by atoms with E-state index in [0.29, 0.717) is 11.3 Å². The van der Waals surface area contributed by atoms with Crippen molar-refractivity contribution in [2.24, 2.45) is 22.2 Å². The van der Waals surface area contributed by atoms with Gasteiger partial charge in [0.25, 0.3) is 0 Å². The zero-order chi connectivity index (χ0) is 33.9. The Morgan fingerprint density at radius 2 is 1.47 bits per heavy atom. The second kappa shape index (κ2) is 12.9. The van der Waals surface area contributed by atoms with Gasteiger partial charge in [-0.05, 0) is 74.5 Å². The molecule has 1 aromatic carbocycles. The molecule has 0 nitrogen and oxygen atoms in total. The summed E-state index contributed by atoms with van der Waals surface area (Å²) in [6.45, 7) is 32.2. The van der Waals surface area contributed by atoms with Gasteiger partial charge in [0.05, 0.1) is 0 Å². The zero-order valence-electron chi connectivity index (χ0n) is 30.7. The summed E-state index contributed by atoms with van der Waals surface area (Å²) in [7, 11) is 11.1. The van der Waals surface area contributed by atoms with Crippen molar-refractivity contribution in [1.29, 1.82) is 0 Å². The molecule has 0 saturated heterocycles. The van der Waals surface area contributed by atoms with Gasteiger partial charge in [-0.2, -0.15) is 18.1 Å². The van der Waals surface area contributed by atoms with E-state index in [4.69, 9.17) is 17.0 Å². The van der Waals surface area contributed by atoms with Gasteiger partial charge in [0.1, 0.15) is 0 Å². The molecule has 1 unspecified atom stereocenters. The van der Waals surface area contributed by atoms with Gasteiger partial charge in [-0.25, -0.2) is 6.08 Å². The molecule has 0 saturated carbocycles. The molecule has 0 N–H and O–H groups in total. The van der Waals surface area contributed by atoms with Crippen LogP contribution in [0.25, 0.3) is 11.6 Å². The summed E-state index contributed by atoms with van der Waals surface area (Å²) >= 11 is -1.84. The first-order valence-electron chi connectivity index (χ1n) is 16.9. The van der Waals surface area contributed by atoms with Crippen molar-refractivity contribution in [3.63, 3.8) is 0 Å². The molecule has 1 atom stereocenters. The summed E-state index contributed by atoms with van der Waals surface area (Å²) in [5.41, 5.74) is 15.6. The van der Waals surface area contributed by atoms with Crippen molar-refractivity contribution in [3.8, 4) is 0 Å². The third-order valence-electron chi connectivity index (χ3n) is 10.1. The number of hydrogen-bond donors (Lipinski definition) is 0. The van der Waals surface area contributed by atoms with Crippen molar-refractivity contribution >= 4 is 31.9 Å². The van der Waals surface area contributed by atoms with E-state index in [1.807, 2.05) is 13.8 Å². The fourth-order valence-corrected chi connectivity index (χ4v) is 7.45. The summed E-state index contributed by atoms with van der Waals surface area (Å²) in [4.78, 5) is 0. The average Bonchev–Trinajstić information content (AvgIpc) is 3.49. The minimum absolute atomic E-state index is 0.138. The van der Waals surface area contributed by atoms with Crippen LogP contribution in [0.5, 0.6) is 0 Å². The number of allylic oxidation sites excluding steroid dienone is 9. The maximum absolute atomic E-state index is 5.54. The fourth-order valence-electron chi connectivity index (χ4n) is 7.45. The Morgan fingerprint density at radius 1 is 0.889 bits per heavy atom. The number of halogens is 2. The third-order valence-corrected chi connectivity index (χ3v) is 16.5. The molecule has 0 fully saturated rings. The second-order valence-corrected chi connectivity index (χ2v) is 27.3. The van der Waals surface area contributed by atoms with Gasteiger partial charge >= 0.3 is 53.0 Å². The summed E-state index contributed by atoms with van der Waals surface area (Å²) in [5, 5.41) is 0. The molecule has 5 aliphatic carbocycles. The molecule has 0 radical (unpaired) electrons. The van der Waals surface area contributed by atoms with Crippen molar-refractivity contribution in [1.82, 2.24) is 0 Å². The van der Waals surface area contributed by atoms with Crippen LogP contribution in [0.1, 0.15) is 143 Å². The van der Waals surface area contributed by atoms with Crippen LogP contribution in [0.15, 0.2) is 41.5 Å². The van der Waals surface area contributed by atoms with Gasteiger partial charge in [0.15, 0.2) is 0 Å². The molecular formula is C42H58Cl2Zr-2. The van der Waals surface area contributed by atoms with Crippen LogP contribution in [0.3, 0.4) is 0 Å². The number of benzene rings is 1. The quantitative estimate of drug-likeness (QED) is 0.234. The molecule has 0 spiro atoms. The van der Waals surface area contributed by atoms with Gasteiger partial charge < -0.3 is 6.42 Å². The normalized spacial score (nSPS) is 23.8. The molecule has 0 heterocycles.